The van der Waals surface area contributed by atoms with Crippen molar-refractivity contribution in [3.63, 3.8) is 0 Å². The van der Waals surface area contributed by atoms with Crippen molar-refractivity contribution in [2.45, 2.75) is 25.9 Å². The Morgan fingerprint density at radius 1 is 1.08 bits per heavy atom. The Morgan fingerprint density at radius 2 is 1.72 bits per heavy atom. The molecule has 188 valence electrons. The number of piperidine rings is 1. The van der Waals surface area contributed by atoms with E-state index in [0.29, 0.717) is 18.8 Å². The van der Waals surface area contributed by atoms with Crippen molar-refractivity contribution in [3.8, 4) is 5.75 Å². The summed E-state index contributed by atoms with van der Waals surface area (Å²) < 4.78 is 7.58. The number of hydrogen-bond acceptors (Lipinski definition) is 7. The van der Waals surface area contributed by atoms with Gasteiger partial charge < -0.3 is 9.64 Å². The molecule has 9 nitrogen and oxygen atoms in total. The SMILES string of the molecule is O=C(CN1C(=O)S/C(=C\c2cc(I)c(OCc3ccc([N+](=O)[O-])cc3)c(I)c2)C1=O)N1CCCCC1. The first-order valence-corrected chi connectivity index (χ1v) is 14.1. The average molecular weight is 733 g/mol. The molecule has 2 aliphatic heterocycles. The number of hydrogen-bond donors (Lipinski definition) is 0. The number of rotatable bonds is 7. The van der Waals surface area contributed by atoms with Crippen LogP contribution in [0, 0.1) is 17.3 Å². The fraction of sp³-hybridized carbons (Fsp3) is 0.292. The van der Waals surface area contributed by atoms with Crippen LogP contribution in [0.25, 0.3) is 6.08 Å². The number of ether oxygens (including phenoxy) is 1. The monoisotopic (exact) mass is 733 g/mol. The highest BCUT2D eigenvalue weighted by atomic mass is 127. The second-order valence-corrected chi connectivity index (χ2v) is 11.6. The summed E-state index contributed by atoms with van der Waals surface area (Å²) in [5, 5.41) is 10.4. The number of carbonyl (C=O) groups is 3. The number of halogens is 2. The van der Waals surface area contributed by atoms with Crippen LogP contribution in [-0.2, 0) is 16.2 Å². The van der Waals surface area contributed by atoms with Gasteiger partial charge >= 0.3 is 0 Å². The van der Waals surface area contributed by atoms with Crippen molar-refractivity contribution in [1.29, 1.82) is 0 Å². The van der Waals surface area contributed by atoms with Crippen molar-refractivity contribution >= 4 is 85.8 Å². The zero-order chi connectivity index (χ0) is 25.8. The molecule has 0 atom stereocenters. The molecule has 2 aromatic rings. The molecule has 0 unspecified atom stereocenters. The largest absolute Gasteiger partial charge is 0.487 e. The third-order valence-corrected chi connectivity index (χ3v) is 8.23. The standard InChI is InChI=1S/C24H21I2N3O6S/c25-18-10-16(11-19(26)22(18)35-14-15-4-6-17(7-5-15)29(33)34)12-20-23(31)28(24(32)36-20)13-21(30)27-8-2-1-3-9-27/h4-7,10-12H,1-3,8-9,13-14H2/b20-12-. The van der Waals surface area contributed by atoms with Crippen molar-refractivity contribution in [2.75, 3.05) is 19.6 Å². The van der Waals surface area contributed by atoms with Crippen molar-refractivity contribution in [3.05, 3.63) is 69.7 Å². The highest BCUT2D eigenvalue weighted by Gasteiger charge is 2.37. The third kappa shape index (κ3) is 6.37. The van der Waals surface area contributed by atoms with Crippen molar-refractivity contribution < 1.29 is 24.0 Å². The van der Waals surface area contributed by atoms with E-state index in [2.05, 4.69) is 45.2 Å². The number of imide groups is 1. The summed E-state index contributed by atoms with van der Waals surface area (Å²) in [6.07, 6.45) is 4.63. The Kier molecular flexibility index (Phi) is 8.87. The number of carbonyl (C=O) groups excluding carboxylic acids is 3. The van der Waals surface area contributed by atoms with Gasteiger partial charge in [-0.25, -0.2) is 0 Å². The van der Waals surface area contributed by atoms with E-state index in [9.17, 15) is 24.5 Å². The predicted octanol–water partition coefficient (Wildman–Crippen LogP) is 5.43. The summed E-state index contributed by atoms with van der Waals surface area (Å²) in [5.41, 5.74) is 1.55. The van der Waals surface area contributed by atoms with Crippen molar-refractivity contribution in [2.24, 2.45) is 0 Å². The van der Waals surface area contributed by atoms with Gasteiger partial charge in [-0.15, -0.1) is 0 Å². The number of amides is 3. The highest BCUT2D eigenvalue weighted by Crippen LogP contribution is 2.35. The van der Waals surface area contributed by atoms with Gasteiger partial charge in [-0.2, -0.15) is 0 Å². The van der Waals surface area contributed by atoms with Gasteiger partial charge in [-0.3, -0.25) is 29.4 Å². The molecule has 0 bridgehead atoms. The lowest BCUT2D eigenvalue weighted by Gasteiger charge is -2.27. The Morgan fingerprint density at radius 3 is 2.33 bits per heavy atom. The van der Waals surface area contributed by atoms with E-state index in [0.717, 1.165) is 54.2 Å². The third-order valence-electron chi connectivity index (χ3n) is 5.72. The van der Waals surface area contributed by atoms with Crippen LogP contribution in [0.4, 0.5) is 10.5 Å². The zero-order valence-electron chi connectivity index (χ0n) is 18.9. The smallest absolute Gasteiger partial charge is 0.294 e. The van der Waals surface area contributed by atoms with Gasteiger partial charge in [-0.05, 0) is 118 Å². The van der Waals surface area contributed by atoms with Gasteiger partial charge in [0.05, 0.1) is 17.0 Å². The summed E-state index contributed by atoms with van der Waals surface area (Å²) in [6.45, 7) is 1.35. The van der Waals surface area contributed by atoms with Gasteiger partial charge in [-0.1, -0.05) is 0 Å². The number of benzene rings is 2. The lowest BCUT2D eigenvalue weighted by molar-refractivity contribution is -0.384. The minimum atomic E-state index is -0.459. The minimum absolute atomic E-state index is 0.0209. The number of nitrogens with zero attached hydrogens (tertiary/aromatic N) is 3. The highest BCUT2D eigenvalue weighted by molar-refractivity contribution is 14.1. The quantitative estimate of drug-likeness (QED) is 0.162. The van der Waals surface area contributed by atoms with E-state index < -0.39 is 16.1 Å². The second-order valence-electron chi connectivity index (χ2n) is 8.24. The molecule has 2 fully saturated rings. The minimum Gasteiger partial charge on any atom is -0.487 e. The molecule has 2 aromatic carbocycles. The van der Waals surface area contributed by atoms with E-state index >= 15 is 0 Å². The maximum Gasteiger partial charge on any atom is 0.294 e. The summed E-state index contributed by atoms with van der Waals surface area (Å²) in [7, 11) is 0. The summed E-state index contributed by atoms with van der Waals surface area (Å²) >= 11 is 5.12. The molecule has 3 amide bonds. The van der Waals surface area contributed by atoms with E-state index in [-0.39, 0.29) is 29.7 Å². The normalized spacial score (nSPS) is 17.1. The molecule has 0 saturated carbocycles. The molecule has 2 heterocycles. The molecule has 0 aliphatic carbocycles. The van der Waals surface area contributed by atoms with Gasteiger partial charge in [0.2, 0.25) is 5.91 Å². The number of non-ortho nitro benzene ring substituents is 1. The molecule has 0 N–H and O–H groups in total. The fourth-order valence-electron chi connectivity index (χ4n) is 3.84. The molecule has 2 aliphatic rings. The summed E-state index contributed by atoms with van der Waals surface area (Å²) in [4.78, 5) is 51.3. The number of nitro groups is 1. The predicted molar refractivity (Wildman–Crippen MR) is 152 cm³/mol. The summed E-state index contributed by atoms with van der Waals surface area (Å²) in [5.74, 6) is 0.00248. The van der Waals surface area contributed by atoms with Gasteiger partial charge in [0.1, 0.15) is 18.9 Å². The van der Waals surface area contributed by atoms with E-state index in [1.54, 1.807) is 23.1 Å². The molecule has 0 spiro atoms. The molecule has 0 aromatic heterocycles. The van der Waals surface area contributed by atoms with Crippen LogP contribution in [0.15, 0.2) is 41.3 Å². The van der Waals surface area contributed by atoms with Crippen LogP contribution >= 0.6 is 56.9 Å². The van der Waals surface area contributed by atoms with Gasteiger partial charge in [0, 0.05) is 25.2 Å². The second kappa shape index (κ2) is 11.9. The lowest BCUT2D eigenvalue weighted by atomic mass is 10.1. The van der Waals surface area contributed by atoms with Crippen LogP contribution in [0.5, 0.6) is 5.75 Å². The van der Waals surface area contributed by atoms with Crippen LogP contribution in [-0.4, -0.2) is 51.4 Å². The van der Waals surface area contributed by atoms with Crippen molar-refractivity contribution in [1.82, 2.24) is 9.80 Å². The zero-order valence-corrected chi connectivity index (χ0v) is 24.1. The first-order valence-electron chi connectivity index (χ1n) is 11.1. The first kappa shape index (κ1) is 26.9. The fourth-order valence-corrected chi connectivity index (χ4v) is 6.80. The number of likely N-dealkylation sites (tertiary alicyclic amines) is 1. The van der Waals surface area contributed by atoms with Gasteiger partial charge in [0.15, 0.2) is 0 Å². The van der Waals surface area contributed by atoms with Crippen LogP contribution in [0.2, 0.25) is 0 Å². The van der Waals surface area contributed by atoms with Crippen LogP contribution in [0.1, 0.15) is 30.4 Å². The maximum absolute atomic E-state index is 12.9. The molecule has 0 radical (unpaired) electrons. The Balaban J connectivity index is 1.43. The summed E-state index contributed by atoms with van der Waals surface area (Å²) in [6, 6.07) is 9.87. The molecular formula is C24H21I2N3O6S. The Labute approximate surface area is 239 Å². The molecule has 4 rings (SSSR count). The van der Waals surface area contributed by atoms with E-state index in [1.807, 2.05) is 12.1 Å². The molecule has 12 heteroatoms. The molecular weight excluding hydrogens is 712 g/mol. The lowest BCUT2D eigenvalue weighted by Crippen LogP contribution is -2.44. The maximum atomic E-state index is 12.9. The molecule has 36 heavy (non-hydrogen) atoms. The average Bonchev–Trinajstić information content (AvgIpc) is 3.11. The Bertz CT molecular complexity index is 1220. The number of thioether (sulfide) groups is 1. The Hall–Kier alpha value is -2.20. The van der Waals surface area contributed by atoms with Crippen LogP contribution < -0.4 is 4.74 Å². The van der Waals surface area contributed by atoms with E-state index in [4.69, 9.17) is 4.74 Å². The van der Waals surface area contributed by atoms with Crippen LogP contribution in [0.3, 0.4) is 0 Å². The topological polar surface area (TPSA) is 110 Å². The molecule has 2 saturated heterocycles. The first-order chi connectivity index (χ1) is 17.2. The number of nitro benzene ring substituents is 1. The van der Waals surface area contributed by atoms with Gasteiger partial charge in [0.25, 0.3) is 16.8 Å². The van der Waals surface area contributed by atoms with E-state index in [1.165, 1.54) is 12.1 Å².